The van der Waals surface area contributed by atoms with Crippen molar-refractivity contribution in [3.63, 3.8) is 0 Å². The first-order valence-electron chi connectivity index (χ1n) is 5.46. The average molecular weight is 361 g/mol. The van der Waals surface area contributed by atoms with E-state index < -0.39 is 21.0 Å². The number of para-hydroxylation sites is 1. The summed E-state index contributed by atoms with van der Waals surface area (Å²) < 4.78 is 37.4. The summed E-state index contributed by atoms with van der Waals surface area (Å²) in [5.74, 6) is -0.533. The molecule has 0 aliphatic heterocycles. The molecule has 0 saturated heterocycles. The summed E-state index contributed by atoms with van der Waals surface area (Å²) in [6.45, 7) is 0. The van der Waals surface area contributed by atoms with E-state index in [1.54, 1.807) is 23.9 Å². The lowest BCUT2D eigenvalue weighted by Gasteiger charge is -2.08. The minimum Gasteiger partial charge on any atom is -0.345 e. The van der Waals surface area contributed by atoms with E-state index in [0.717, 1.165) is 6.07 Å². The van der Waals surface area contributed by atoms with E-state index in [1.165, 1.54) is 18.2 Å². The molecule has 0 atom stereocenters. The fourth-order valence-corrected chi connectivity index (χ4v) is 2.87. The van der Waals surface area contributed by atoms with Crippen molar-refractivity contribution < 1.29 is 17.1 Å². The number of nitrogens with zero attached hydrogens (tertiary/aromatic N) is 1. The maximum atomic E-state index is 13.1. The van der Waals surface area contributed by atoms with Crippen LogP contribution in [0.25, 0.3) is 0 Å². The first-order chi connectivity index (χ1) is 9.29. The second kappa shape index (κ2) is 5.37. The van der Waals surface area contributed by atoms with Gasteiger partial charge in [0.2, 0.25) is 0 Å². The van der Waals surface area contributed by atoms with Crippen LogP contribution in [0.4, 0.5) is 9.57 Å². The van der Waals surface area contributed by atoms with Crippen molar-refractivity contribution in [2.45, 2.75) is 4.90 Å². The van der Waals surface area contributed by atoms with Gasteiger partial charge >= 0.3 is 10.2 Å². The molecule has 1 aromatic heterocycles. The van der Waals surface area contributed by atoms with Crippen molar-refractivity contribution in [3.8, 4) is 0 Å². The highest BCUT2D eigenvalue weighted by Gasteiger charge is 2.19. The van der Waals surface area contributed by atoms with Crippen molar-refractivity contribution in [2.24, 2.45) is 7.05 Å². The SMILES string of the molecule is Cn1cc(Br)cc1C(=O)Nc1ccccc1S(=O)(=O)F. The summed E-state index contributed by atoms with van der Waals surface area (Å²) in [6, 6.07) is 6.86. The zero-order valence-electron chi connectivity index (χ0n) is 10.3. The summed E-state index contributed by atoms with van der Waals surface area (Å²) in [6.07, 6.45) is 1.67. The smallest absolute Gasteiger partial charge is 0.334 e. The Bertz CT molecular complexity index is 771. The number of halogens is 2. The number of carbonyl (C=O) groups excluding carboxylic acids is 1. The van der Waals surface area contributed by atoms with E-state index in [-0.39, 0.29) is 5.69 Å². The Kier molecular flexibility index (Phi) is 3.96. The van der Waals surface area contributed by atoms with Crippen LogP contribution in [0.3, 0.4) is 0 Å². The van der Waals surface area contributed by atoms with Crippen molar-refractivity contribution in [3.05, 3.63) is 46.7 Å². The number of carbonyl (C=O) groups is 1. The Balaban J connectivity index is 2.36. The molecule has 5 nitrogen and oxygen atoms in total. The van der Waals surface area contributed by atoms with E-state index in [4.69, 9.17) is 0 Å². The van der Waals surface area contributed by atoms with Gasteiger partial charge in [-0.25, -0.2) is 0 Å². The predicted molar refractivity (Wildman–Crippen MR) is 75.8 cm³/mol. The van der Waals surface area contributed by atoms with Gasteiger partial charge in [-0.3, -0.25) is 4.79 Å². The van der Waals surface area contributed by atoms with E-state index in [0.29, 0.717) is 10.2 Å². The number of benzene rings is 1. The molecule has 106 valence electrons. The lowest BCUT2D eigenvalue weighted by Crippen LogP contribution is -2.16. The number of nitrogens with one attached hydrogen (secondary N) is 1. The van der Waals surface area contributed by atoms with Gasteiger partial charge in [-0.05, 0) is 34.1 Å². The number of hydrogen-bond acceptors (Lipinski definition) is 3. The number of hydrogen-bond donors (Lipinski definition) is 1. The molecule has 0 fully saturated rings. The van der Waals surface area contributed by atoms with Gasteiger partial charge in [0.1, 0.15) is 10.6 Å². The quantitative estimate of drug-likeness (QED) is 0.855. The Labute approximate surface area is 123 Å². The Hall–Kier alpha value is -1.67. The number of rotatable bonds is 3. The third-order valence-electron chi connectivity index (χ3n) is 2.60. The summed E-state index contributed by atoms with van der Waals surface area (Å²) in [5, 5.41) is 2.39. The second-order valence-corrected chi connectivity index (χ2v) is 6.27. The van der Waals surface area contributed by atoms with Gasteiger partial charge in [-0.1, -0.05) is 12.1 Å². The zero-order valence-corrected chi connectivity index (χ0v) is 12.7. The molecule has 0 bridgehead atoms. The fraction of sp³-hybridized carbons (Fsp3) is 0.0833. The van der Waals surface area contributed by atoms with E-state index in [2.05, 4.69) is 21.2 Å². The Morgan fingerprint density at radius 2 is 2.00 bits per heavy atom. The number of anilines is 1. The number of aryl methyl sites for hydroxylation is 1. The highest BCUT2D eigenvalue weighted by atomic mass is 79.9. The number of amides is 1. The minimum absolute atomic E-state index is 0.0997. The van der Waals surface area contributed by atoms with Gasteiger partial charge < -0.3 is 9.88 Å². The van der Waals surface area contributed by atoms with E-state index in [9.17, 15) is 17.1 Å². The maximum absolute atomic E-state index is 13.1. The summed E-state index contributed by atoms with van der Waals surface area (Å²) >= 11 is 3.23. The Morgan fingerprint density at radius 3 is 2.55 bits per heavy atom. The zero-order chi connectivity index (χ0) is 14.9. The molecule has 0 saturated carbocycles. The van der Waals surface area contributed by atoms with Crippen molar-refractivity contribution in [1.82, 2.24) is 4.57 Å². The van der Waals surface area contributed by atoms with Crippen LogP contribution in [0.1, 0.15) is 10.5 Å². The normalized spacial score (nSPS) is 11.3. The molecule has 1 amide bonds. The van der Waals surface area contributed by atoms with Crippen molar-refractivity contribution >= 4 is 37.7 Å². The standard InChI is InChI=1S/C12H10BrFN2O3S/c1-16-7-8(13)6-10(16)12(17)15-9-4-2-3-5-11(9)20(14,18)19/h2-7H,1H3,(H,15,17). The molecular weight excluding hydrogens is 351 g/mol. The molecule has 8 heteroatoms. The van der Waals surface area contributed by atoms with Gasteiger partial charge in [0.05, 0.1) is 5.69 Å². The van der Waals surface area contributed by atoms with Crippen LogP contribution in [0, 0.1) is 0 Å². The summed E-state index contributed by atoms with van der Waals surface area (Å²) in [4.78, 5) is 11.5. The van der Waals surface area contributed by atoms with Crippen LogP contribution < -0.4 is 5.32 Å². The minimum atomic E-state index is -4.90. The van der Waals surface area contributed by atoms with Gasteiger partial charge in [0, 0.05) is 17.7 Å². The second-order valence-electron chi connectivity index (χ2n) is 4.04. The first-order valence-corrected chi connectivity index (χ1v) is 7.63. The molecule has 1 N–H and O–H groups in total. The van der Waals surface area contributed by atoms with E-state index in [1.807, 2.05) is 0 Å². The van der Waals surface area contributed by atoms with Crippen molar-refractivity contribution in [1.29, 1.82) is 0 Å². The van der Waals surface area contributed by atoms with Gasteiger partial charge in [-0.15, -0.1) is 3.89 Å². The lowest BCUT2D eigenvalue weighted by molar-refractivity contribution is 0.101. The fourth-order valence-electron chi connectivity index (χ4n) is 1.72. The van der Waals surface area contributed by atoms with Crippen LogP contribution in [-0.2, 0) is 17.3 Å². The summed E-state index contributed by atoms with van der Waals surface area (Å²) in [7, 11) is -3.23. The topological polar surface area (TPSA) is 68.2 Å². The monoisotopic (exact) mass is 360 g/mol. The molecule has 0 radical (unpaired) electrons. The van der Waals surface area contributed by atoms with Crippen molar-refractivity contribution in [2.75, 3.05) is 5.32 Å². The van der Waals surface area contributed by atoms with Gasteiger partial charge in [-0.2, -0.15) is 8.42 Å². The average Bonchev–Trinajstić information content (AvgIpc) is 2.68. The van der Waals surface area contributed by atoms with Gasteiger partial charge in [0.25, 0.3) is 5.91 Å². The Morgan fingerprint density at radius 1 is 1.35 bits per heavy atom. The largest absolute Gasteiger partial charge is 0.345 e. The summed E-state index contributed by atoms with van der Waals surface area (Å²) in [5.41, 5.74) is 0.209. The number of aromatic nitrogens is 1. The highest BCUT2D eigenvalue weighted by molar-refractivity contribution is 9.10. The highest BCUT2D eigenvalue weighted by Crippen LogP contribution is 2.23. The predicted octanol–water partition coefficient (Wildman–Crippen LogP) is 2.70. The van der Waals surface area contributed by atoms with Crippen LogP contribution >= 0.6 is 15.9 Å². The molecule has 1 heterocycles. The first kappa shape index (κ1) is 14.7. The van der Waals surface area contributed by atoms with Crippen LogP contribution in [-0.4, -0.2) is 18.9 Å². The van der Waals surface area contributed by atoms with Crippen LogP contribution in [0.2, 0.25) is 0 Å². The van der Waals surface area contributed by atoms with E-state index >= 15 is 0 Å². The van der Waals surface area contributed by atoms with Crippen LogP contribution in [0.5, 0.6) is 0 Å². The van der Waals surface area contributed by atoms with Crippen LogP contribution in [0.15, 0.2) is 45.9 Å². The molecule has 0 aliphatic carbocycles. The lowest BCUT2D eigenvalue weighted by atomic mass is 10.3. The molecule has 0 unspecified atom stereocenters. The third-order valence-corrected chi connectivity index (χ3v) is 3.92. The van der Waals surface area contributed by atoms with Gasteiger partial charge in [0.15, 0.2) is 0 Å². The molecule has 0 aliphatic rings. The molecule has 2 rings (SSSR count). The molecular formula is C12H10BrFN2O3S. The third kappa shape index (κ3) is 3.07. The molecule has 0 spiro atoms. The maximum Gasteiger partial charge on any atom is 0.334 e. The molecule has 20 heavy (non-hydrogen) atoms. The molecule has 1 aromatic carbocycles. The molecule has 2 aromatic rings.